The van der Waals surface area contributed by atoms with Crippen molar-refractivity contribution in [3.05, 3.63) is 93.5 Å². The highest BCUT2D eigenvalue weighted by atomic mass is 32.2. The number of amides is 1. The lowest BCUT2D eigenvalue weighted by molar-refractivity contribution is -0.385. The van der Waals surface area contributed by atoms with Gasteiger partial charge in [-0.2, -0.15) is 0 Å². The fourth-order valence-electron chi connectivity index (χ4n) is 3.41. The van der Waals surface area contributed by atoms with Gasteiger partial charge in [-0.05, 0) is 62.2 Å². The normalized spacial score (nSPS) is 11.1. The highest BCUT2D eigenvalue weighted by molar-refractivity contribution is 7.92. The number of nitrogens with zero attached hydrogens (tertiary/aromatic N) is 2. The largest absolute Gasteiger partial charge is 0.324 e. The zero-order chi connectivity index (χ0) is 23.5. The van der Waals surface area contributed by atoms with Crippen LogP contribution in [0.5, 0.6) is 0 Å². The van der Waals surface area contributed by atoms with Crippen LogP contribution >= 0.6 is 0 Å². The number of aryl methyl sites for hydroxylation is 2. The van der Waals surface area contributed by atoms with E-state index in [1.54, 1.807) is 30.3 Å². The number of carbonyl (C=O) groups is 1. The first-order chi connectivity index (χ1) is 15.1. The molecule has 0 fully saturated rings. The Morgan fingerprint density at radius 3 is 2.19 bits per heavy atom. The maximum absolute atomic E-state index is 13.4. The Labute approximate surface area is 186 Å². The SMILES string of the molecule is Cc1cc(C)cc(N(CC(=O)Nc2cccc([N+](=O)[O-])c2C)S(=O)(=O)c2ccccc2)c1. The number of carbonyl (C=O) groups excluding carboxylic acids is 1. The third-order valence-corrected chi connectivity index (χ3v) is 6.68. The molecule has 3 rings (SSSR count). The van der Waals surface area contributed by atoms with E-state index < -0.39 is 27.4 Å². The topological polar surface area (TPSA) is 110 Å². The molecule has 0 unspecified atom stereocenters. The van der Waals surface area contributed by atoms with Crippen LogP contribution in [-0.4, -0.2) is 25.8 Å². The molecule has 0 bridgehead atoms. The lowest BCUT2D eigenvalue weighted by atomic mass is 10.1. The van der Waals surface area contributed by atoms with E-state index in [0.29, 0.717) is 5.69 Å². The highest BCUT2D eigenvalue weighted by Gasteiger charge is 2.28. The molecule has 32 heavy (non-hydrogen) atoms. The molecule has 1 amide bonds. The van der Waals surface area contributed by atoms with Gasteiger partial charge in [-0.3, -0.25) is 19.2 Å². The van der Waals surface area contributed by atoms with Crippen LogP contribution in [-0.2, 0) is 14.8 Å². The van der Waals surface area contributed by atoms with Gasteiger partial charge in [0.2, 0.25) is 5.91 Å². The predicted molar refractivity (Wildman–Crippen MR) is 123 cm³/mol. The molecule has 0 aliphatic heterocycles. The van der Waals surface area contributed by atoms with Crippen LogP contribution in [0.25, 0.3) is 0 Å². The average molecular weight is 454 g/mol. The van der Waals surface area contributed by atoms with E-state index in [9.17, 15) is 23.3 Å². The fraction of sp³-hybridized carbons (Fsp3) is 0.174. The van der Waals surface area contributed by atoms with E-state index in [-0.39, 0.29) is 21.8 Å². The minimum atomic E-state index is -4.04. The maximum atomic E-state index is 13.4. The fourth-order valence-corrected chi connectivity index (χ4v) is 4.83. The quantitative estimate of drug-likeness (QED) is 0.422. The van der Waals surface area contributed by atoms with Crippen LogP contribution in [0.4, 0.5) is 17.1 Å². The smallest absolute Gasteiger partial charge is 0.274 e. The first-order valence-corrected chi connectivity index (χ1v) is 11.2. The number of anilines is 2. The Morgan fingerprint density at radius 1 is 0.969 bits per heavy atom. The van der Waals surface area contributed by atoms with Crippen molar-refractivity contribution in [1.82, 2.24) is 0 Å². The number of hydrogen-bond donors (Lipinski definition) is 1. The number of hydrogen-bond acceptors (Lipinski definition) is 5. The van der Waals surface area contributed by atoms with Gasteiger partial charge < -0.3 is 5.32 Å². The molecule has 0 radical (unpaired) electrons. The van der Waals surface area contributed by atoms with Crippen molar-refractivity contribution < 1.29 is 18.1 Å². The Bertz CT molecular complexity index is 1250. The monoisotopic (exact) mass is 453 g/mol. The summed E-state index contributed by atoms with van der Waals surface area (Å²) in [6.07, 6.45) is 0. The predicted octanol–water partition coefficient (Wildman–Crippen LogP) is 4.35. The van der Waals surface area contributed by atoms with Gasteiger partial charge in [0.1, 0.15) is 6.54 Å². The van der Waals surface area contributed by atoms with Gasteiger partial charge >= 0.3 is 0 Å². The average Bonchev–Trinajstić information content (AvgIpc) is 2.73. The number of sulfonamides is 1. The molecule has 0 aromatic heterocycles. The maximum Gasteiger partial charge on any atom is 0.274 e. The van der Waals surface area contributed by atoms with Gasteiger partial charge in [0.25, 0.3) is 15.7 Å². The minimum absolute atomic E-state index is 0.0542. The van der Waals surface area contributed by atoms with Crippen molar-refractivity contribution in [3.63, 3.8) is 0 Å². The standard InChI is InChI=1S/C23H23N3O5S/c1-16-12-17(2)14-19(13-16)25(32(30,31)20-8-5-4-6-9-20)15-23(27)24-21-10-7-11-22(18(21)3)26(28)29/h4-14H,15H2,1-3H3,(H,24,27). The zero-order valence-electron chi connectivity index (χ0n) is 17.9. The van der Waals surface area contributed by atoms with Crippen molar-refractivity contribution in [2.75, 3.05) is 16.2 Å². The number of benzene rings is 3. The molecule has 3 aromatic rings. The summed E-state index contributed by atoms with van der Waals surface area (Å²) in [5.74, 6) is -0.618. The second kappa shape index (κ2) is 9.19. The minimum Gasteiger partial charge on any atom is -0.324 e. The number of rotatable bonds is 7. The summed E-state index contributed by atoms with van der Waals surface area (Å²) in [6.45, 7) is 4.71. The number of nitrogens with one attached hydrogen (secondary N) is 1. The van der Waals surface area contributed by atoms with E-state index >= 15 is 0 Å². The molecule has 0 aliphatic rings. The molecule has 0 saturated heterocycles. The summed E-state index contributed by atoms with van der Waals surface area (Å²) in [7, 11) is -4.04. The molecule has 9 heteroatoms. The molecule has 0 heterocycles. The van der Waals surface area contributed by atoms with Gasteiger partial charge in [-0.15, -0.1) is 0 Å². The summed E-state index contributed by atoms with van der Waals surface area (Å²) >= 11 is 0. The van der Waals surface area contributed by atoms with E-state index in [1.807, 2.05) is 19.9 Å². The number of nitro benzene ring substituents is 1. The molecular weight excluding hydrogens is 430 g/mol. The van der Waals surface area contributed by atoms with Gasteiger partial charge in [0, 0.05) is 6.07 Å². The Morgan fingerprint density at radius 2 is 1.59 bits per heavy atom. The lowest BCUT2D eigenvalue weighted by Crippen LogP contribution is -2.38. The Balaban J connectivity index is 1.99. The summed E-state index contributed by atoms with van der Waals surface area (Å²) in [5, 5.41) is 13.8. The van der Waals surface area contributed by atoms with Crippen LogP contribution < -0.4 is 9.62 Å². The second-order valence-electron chi connectivity index (χ2n) is 7.43. The highest BCUT2D eigenvalue weighted by Crippen LogP contribution is 2.27. The Kier molecular flexibility index (Phi) is 6.59. The van der Waals surface area contributed by atoms with Crippen LogP contribution in [0, 0.1) is 30.9 Å². The second-order valence-corrected chi connectivity index (χ2v) is 9.29. The van der Waals surface area contributed by atoms with Crippen LogP contribution in [0.15, 0.2) is 71.6 Å². The summed E-state index contributed by atoms with van der Waals surface area (Å²) < 4.78 is 27.9. The van der Waals surface area contributed by atoms with Gasteiger partial charge in [-0.25, -0.2) is 8.42 Å². The van der Waals surface area contributed by atoms with Gasteiger partial charge in [-0.1, -0.05) is 30.3 Å². The number of nitro groups is 1. The summed E-state index contributed by atoms with van der Waals surface area (Å²) in [5.41, 5.74) is 2.46. The van der Waals surface area contributed by atoms with Crippen molar-refractivity contribution >= 4 is 33.0 Å². The van der Waals surface area contributed by atoms with Crippen molar-refractivity contribution in [2.45, 2.75) is 25.7 Å². The summed E-state index contributed by atoms with van der Waals surface area (Å²) in [6, 6.07) is 17.5. The third kappa shape index (κ3) is 4.94. The molecule has 1 N–H and O–H groups in total. The van der Waals surface area contributed by atoms with E-state index in [0.717, 1.165) is 15.4 Å². The molecule has 166 valence electrons. The van der Waals surface area contributed by atoms with E-state index in [2.05, 4.69) is 5.32 Å². The lowest BCUT2D eigenvalue weighted by Gasteiger charge is -2.25. The first-order valence-electron chi connectivity index (χ1n) is 9.79. The molecule has 8 nitrogen and oxygen atoms in total. The van der Waals surface area contributed by atoms with Gasteiger partial charge in [0.15, 0.2) is 0 Å². The molecule has 0 atom stereocenters. The van der Waals surface area contributed by atoms with Crippen molar-refractivity contribution in [2.24, 2.45) is 0 Å². The van der Waals surface area contributed by atoms with E-state index in [4.69, 9.17) is 0 Å². The molecule has 0 spiro atoms. The van der Waals surface area contributed by atoms with Crippen LogP contribution in [0.1, 0.15) is 16.7 Å². The van der Waals surface area contributed by atoms with Gasteiger partial charge in [0.05, 0.1) is 26.8 Å². The third-order valence-electron chi connectivity index (χ3n) is 4.89. The molecule has 0 aliphatic carbocycles. The van der Waals surface area contributed by atoms with Crippen molar-refractivity contribution in [1.29, 1.82) is 0 Å². The van der Waals surface area contributed by atoms with E-state index in [1.165, 1.54) is 37.3 Å². The van der Waals surface area contributed by atoms with Crippen LogP contribution in [0.3, 0.4) is 0 Å². The first kappa shape index (κ1) is 23.0. The zero-order valence-corrected chi connectivity index (χ0v) is 18.7. The molecular formula is C23H23N3O5S. The molecule has 0 saturated carbocycles. The molecule has 3 aromatic carbocycles. The van der Waals surface area contributed by atoms with Crippen LogP contribution in [0.2, 0.25) is 0 Å². The van der Waals surface area contributed by atoms with Crippen molar-refractivity contribution in [3.8, 4) is 0 Å². The summed E-state index contributed by atoms with van der Waals surface area (Å²) in [4.78, 5) is 23.6. The Hall–Kier alpha value is -3.72.